The molecule has 1 rings (SSSR count). The highest BCUT2D eigenvalue weighted by atomic mass is 16.5. The summed E-state index contributed by atoms with van der Waals surface area (Å²) in [5.74, 6) is -0.00324. The molecule has 14 heavy (non-hydrogen) atoms. The van der Waals surface area contributed by atoms with Gasteiger partial charge < -0.3 is 10.1 Å². The fourth-order valence-corrected chi connectivity index (χ4v) is 1.95. The van der Waals surface area contributed by atoms with Gasteiger partial charge >= 0.3 is 5.97 Å². The molecule has 82 valence electrons. The Bertz CT molecular complexity index is 195. The van der Waals surface area contributed by atoms with Crippen LogP contribution in [0.2, 0.25) is 0 Å². The van der Waals surface area contributed by atoms with Gasteiger partial charge in [0.15, 0.2) is 0 Å². The number of carbonyl (C=O) groups excluding carboxylic acids is 1. The summed E-state index contributed by atoms with van der Waals surface area (Å²) in [6.45, 7) is 7.75. The number of esters is 1. The summed E-state index contributed by atoms with van der Waals surface area (Å²) in [6, 6.07) is 0. The van der Waals surface area contributed by atoms with E-state index in [-0.39, 0.29) is 17.5 Å². The van der Waals surface area contributed by atoms with Crippen LogP contribution >= 0.6 is 0 Å². The third kappa shape index (κ3) is 2.47. The van der Waals surface area contributed by atoms with Crippen molar-refractivity contribution in [3.63, 3.8) is 0 Å². The van der Waals surface area contributed by atoms with Crippen molar-refractivity contribution in [3.8, 4) is 0 Å². The van der Waals surface area contributed by atoms with Gasteiger partial charge in [-0.2, -0.15) is 0 Å². The molecule has 3 heteroatoms. The highest BCUT2D eigenvalue weighted by molar-refractivity contribution is 5.77. The van der Waals surface area contributed by atoms with Crippen molar-refractivity contribution in [3.05, 3.63) is 0 Å². The minimum atomic E-state index is -0.213. The molecule has 1 N–H and O–H groups in total. The number of hydrogen-bond donors (Lipinski definition) is 1. The van der Waals surface area contributed by atoms with Crippen LogP contribution in [0.1, 0.15) is 40.0 Å². The molecule has 0 aromatic rings. The molecule has 1 saturated heterocycles. The van der Waals surface area contributed by atoms with Crippen molar-refractivity contribution in [2.24, 2.45) is 5.41 Å². The lowest BCUT2D eigenvalue weighted by atomic mass is 9.77. The number of ether oxygens (including phenoxy) is 1. The molecule has 0 bridgehead atoms. The van der Waals surface area contributed by atoms with Gasteiger partial charge in [-0.3, -0.25) is 4.79 Å². The second kappa shape index (κ2) is 4.78. The Morgan fingerprint density at radius 3 is 2.43 bits per heavy atom. The zero-order valence-electron chi connectivity index (χ0n) is 9.43. The Hall–Kier alpha value is -0.570. The van der Waals surface area contributed by atoms with Gasteiger partial charge in [-0.15, -0.1) is 0 Å². The molecule has 3 nitrogen and oxygen atoms in total. The lowest BCUT2D eigenvalue weighted by Gasteiger charge is -2.34. The zero-order valence-corrected chi connectivity index (χ0v) is 9.43. The summed E-state index contributed by atoms with van der Waals surface area (Å²) in [5.41, 5.74) is -0.213. The minimum absolute atomic E-state index is 0.000751. The summed E-state index contributed by atoms with van der Waals surface area (Å²) >= 11 is 0. The van der Waals surface area contributed by atoms with Crippen LogP contribution in [0.3, 0.4) is 0 Å². The van der Waals surface area contributed by atoms with Gasteiger partial charge in [-0.25, -0.2) is 0 Å². The fourth-order valence-electron chi connectivity index (χ4n) is 1.95. The maximum absolute atomic E-state index is 11.9. The molecule has 0 aromatic heterocycles. The summed E-state index contributed by atoms with van der Waals surface area (Å²) < 4.78 is 5.32. The molecular weight excluding hydrogens is 178 g/mol. The average molecular weight is 199 g/mol. The average Bonchev–Trinajstić information content (AvgIpc) is 2.18. The first-order valence-corrected chi connectivity index (χ1v) is 5.52. The monoisotopic (exact) mass is 199 g/mol. The number of hydrogen-bond acceptors (Lipinski definition) is 3. The first-order valence-electron chi connectivity index (χ1n) is 5.52. The second-order valence-electron chi connectivity index (χ2n) is 4.34. The quantitative estimate of drug-likeness (QED) is 0.703. The highest BCUT2D eigenvalue weighted by Gasteiger charge is 2.39. The van der Waals surface area contributed by atoms with Crippen molar-refractivity contribution in [2.75, 3.05) is 13.1 Å². The number of nitrogens with one attached hydrogen (secondary N) is 1. The van der Waals surface area contributed by atoms with Crippen LogP contribution in [-0.4, -0.2) is 25.2 Å². The van der Waals surface area contributed by atoms with Gasteiger partial charge in [0.05, 0.1) is 11.5 Å². The molecule has 0 atom stereocenters. The van der Waals surface area contributed by atoms with E-state index in [2.05, 4.69) is 12.2 Å². The Balaban J connectivity index is 2.62. The molecule has 0 amide bonds. The van der Waals surface area contributed by atoms with Crippen molar-refractivity contribution in [2.45, 2.75) is 46.1 Å². The third-order valence-corrected chi connectivity index (χ3v) is 3.01. The smallest absolute Gasteiger partial charge is 0.312 e. The van der Waals surface area contributed by atoms with Crippen LogP contribution in [0.4, 0.5) is 0 Å². The van der Waals surface area contributed by atoms with E-state index in [1.807, 2.05) is 13.8 Å². The first kappa shape index (κ1) is 11.5. The Kier molecular flexibility index (Phi) is 3.93. The molecule has 1 aliphatic heterocycles. The molecule has 0 saturated carbocycles. The Labute approximate surface area is 86.2 Å². The highest BCUT2D eigenvalue weighted by Crippen LogP contribution is 2.34. The summed E-state index contributed by atoms with van der Waals surface area (Å²) in [7, 11) is 0. The maximum atomic E-state index is 11.9. The van der Waals surface area contributed by atoms with Crippen LogP contribution in [0.15, 0.2) is 0 Å². The second-order valence-corrected chi connectivity index (χ2v) is 4.34. The van der Waals surface area contributed by atoms with Crippen molar-refractivity contribution in [1.82, 2.24) is 5.32 Å². The van der Waals surface area contributed by atoms with Gasteiger partial charge in [-0.1, -0.05) is 6.92 Å². The van der Waals surface area contributed by atoms with E-state index in [9.17, 15) is 4.79 Å². The lowest BCUT2D eigenvalue weighted by Crippen LogP contribution is -2.43. The topological polar surface area (TPSA) is 38.3 Å². The van der Waals surface area contributed by atoms with Crippen LogP contribution in [-0.2, 0) is 9.53 Å². The van der Waals surface area contributed by atoms with Crippen molar-refractivity contribution < 1.29 is 9.53 Å². The van der Waals surface area contributed by atoms with E-state index < -0.39 is 0 Å². The summed E-state index contributed by atoms with van der Waals surface area (Å²) in [6.07, 6.45) is 2.71. The lowest BCUT2D eigenvalue weighted by molar-refractivity contribution is -0.162. The predicted octanol–water partition coefficient (Wildman–Crippen LogP) is 1.72. The molecule has 0 aliphatic carbocycles. The van der Waals surface area contributed by atoms with Gasteiger partial charge in [0.1, 0.15) is 0 Å². The van der Waals surface area contributed by atoms with Gasteiger partial charge in [0.2, 0.25) is 0 Å². The first-order chi connectivity index (χ1) is 6.60. The van der Waals surface area contributed by atoms with Crippen LogP contribution in [0.5, 0.6) is 0 Å². The Morgan fingerprint density at radius 2 is 2.00 bits per heavy atom. The van der Waals surface area contributed by atoms with E-state index in [0.717, 1.165) is 32.4 Å². The number of piperidine rings is 1. The molecule has 0 spiro atoms. The Morgan fingerprint density at radius 1 is 1.43 bits per heavy atom. The fraction of sp³-hybridized carbons (Fsp3) is 0.909. The maximum Gasteiger partial charge on any atom is 0.312 e. The zero-order chi connectivity index (χ0) is 10.6. The predicted molar refractivity (Wildman–Crippen MR) is 56.1 cm³/mol. The molecule has 1 aliphatic rings. The molecule has 1 heterocycles. The summed E-state index contributed by atoms with van der Waals surface area (Å²) in [4.78, 5) is 11.9. The number of carbonyl (C=O) groups is 1. The largest absolute Gasteiger partial charge is 0.463 e. The standard InChI is InChI=1S/C11H21NO2/c1-4-11(5-7-12-8-6-11)10(13)14-9(2)3/h9,12H,4-8H2,1-3H3. The molecule has 0 aromatic carbocycles. The van der Waals surface area contributed by atoms with Crippen LogP contribution in [0.25, 0.3) is 0 Å². The molecule has 0 radical (unpaired) electrons. The minimum Gasteiger partial charge on any atom is -0.463 e. The van der Waals surface area contributed by atoms with E-state index in [1.54, 1.807) is 0 Å². The normalized spacial score (nSPS) is 20.9. The molecular formula is C11H21NO2. The van der Waals surface area contributed by atoms with E-state index >= 15 is 0 Å². The van der Waals surface area contributed by atoms with Gasteiger partial charge in [-0.05, 0) is 46.2 Å². The van der Waals surface area contributed by atoms with Gasteiger partial charge in [0, 0.05) is 0 Å². The number of rotatable bonds is 3. The van der Waals surface area contributed by atoms with Crippen molar-refractivity contribution in [1.29, 1.82) is 0 Å². The molecule has 1 fully saturated rings. The van der Waals surface area contributed by atoms with E-state index in [4.69, 9.17) is 4.74 Å². The van der Waals surface area contributed by atoms with E-state index in [0.29, 0.717) is 0 Å². The van der Waals surface area contributed by atoms with Crippen molar-refractivity contribution >= 4 is 5.97 Å². The summed E-state index contributed by atoms with van der Waals surface area (Å²) in [5, 5.41) is 3.27. The van der Waals surface area contributed by atoms with E-state index in [1.165, 1.54) is 0 Å². The van der Waals surface area contributed by atoms with Gasteiger partial charge in [0.25, 0.3) is 0 Å². The SMILES string of the molecule is CCC1(C(=O)OC(C)C)CCNCC1. The van der Waals surface area contributed by atoms with Crippen LogP contribution < -0.4 is 5.32 Å². The third-order valence-electron chi connectivity index (χ3n) is 3.01. The van der Waals surface area contributed by atoms with Crippen LogP contribution in [0, 0.1) is 5.41 Å². The molecule has 0 unspecified atom stereocenters.